The van der Waals surface area contributed by atoms with Gasteiger partial charge in [0.05, 0.1) is 0 Å². The SMILES string of the molecule is CCCCP(CCCC)CCCC.[CH-]=CC=C.[CH-]=CC=C.[Pt+2]. The second kappa shape index (κ2) is 32.9. The van der Waals surface area contributed by atoms with Gasteiger partial charge < -0.3 is 0 Å². The first-order valence-corrected chi connectivity index (χ1v) is 10.1. The topological polar surface area (TPSA) is 0 Å². The maximum atomic E-state index is 4.78. The summed E-state index contributed by atoms with van der Waals surface area (Å²) in [5.74, 6) is 0. The zero-order chi connectivity index (χ0) is 16.8. The molecule has 0 unspecified atom stereocenters. The molecular formula is C20H37PPt. The summed E-state index contributed by atoms with van der Waals surface area (Å²) in [6.45, 7) is 23.1. The van der Waals surface area contributed by atoms with Crippen molar-refractivity contribution in [2.24, 2.45) is 0 Å². The summed E-state index contributed by atoms with van der Waals surface area (Å²) in [6, 6.07) is 0. The Labute approximate surface area is 157 Å². The molecular weight excluding hydrogens is 466 g/mol. The van der Waals surface area contributed by atoms with E-state index in [0.29, 0.717) is 7.92 Å². The minimum atomic E-state index is 0. The van der Waals surface area contributed by atoms with E-state index in [1.54, 1.807) is 18.5 Å². The summed E-state index contributed by atoms with van der Waals surface area (Å²) in [5.41, 5.74) is 0. The van der Waals surface area contributed by atoms with E-state index in [0.717, 1.165) is 0 Å². The monoisotopic (exact) mass is 503 g/mol. The van der Waals surface area contributed by atoms with Crippen molar-refractivity contribution in [2.45, 2.75) is 59.3 Å². The molecule has 0 saturated carbocycles. The fraction of sp³-hybridized carbons (Fsp3) is 0.600. The molecule has 0 N–H and O–H groups in total. The van der Waals surface area contributed by atoms with Crippen molar-refractivity contribution in [1.82, 2.24) is 0 Å². The first kappa shape index (κ1) is 30.0. The van der Waals surface area contributed by atoms with Crippen LogP contribution in [0.2, 0.25) is 0 Å². The van der Waals surface area contributed by atoms with E-state index in [9.17, 15) is 0 Å². The first-order valence-electron chi connectivity index (χ1n) is 8.22. The third kappa shape index (κ3) is 36.9. The molecule has 0 amide bonds. The molecule has 0 atom stereocenters. The van der Waals surface area contributed by atoms with Gasteiger partial charge in [-0.2, -0.15) is 13.2 Å². The van der Waals surface area contributed by atoms with Crippen LogP contribution in [0.3, 0.4) is 0 Å². The van der Waals surface area contributed by atoms with Crippen LogP contribution in [0.1, 0.15) is 59.3 Å². The van der Waals surface area contributed by atoms with Crippen molar-refractivity contribution in [3.05, 3.63) is 50.6 Å². The van der Waals surface area contributed by atoms with Crippen molar-refractivity contribution in [3.8, 4) is 0 Å². The van der Waals surface area contributed by atoms with E-state index in [1.165, 1.54) is 62.8 Å². The summed E-state index contributed by atoms with van der Waals surface area (Å²) in [4.78, 5) is 0. The second-order valence-electron chi connectivity index (χ2n) is 4.76. The fourth-order valence-corrected chi connectivity index (χ4v) is 4.44. The molecule has 0 spiro atoms. The van der Waals surface area contributed by atoms with Crippen LogP contribution in [0.25, 0.3) is 0 Å². The van der Waals surface area contributed by atoms with Crippen molar-refractivity contribution >= 4 is 7.92 Å². The second-order valence-corrected chi connectivity index (χ2v) is 7.44. The molecule has 0 bridgehead atoms. The van der Waals surface area contributed by atoms with Crippen molar-refractivity contribution in [3.63, 3.8) is 0 Å². The average Bonchev–Trinajstić information content (AvgIpc) is 2.54. The third-order valence-corrected chi connectivity index (χ3v) is 5.60. The van der Waals surface area contributed by atoms with Gasteiger partial charge in [0, 0.05) is 0 Å². The van der Waals surface area contributed by atoms with Gasteiger partial charge in [-0.25, -0.2) is 24.3 Å². The first-order chi connectivity index (χ1) is 10.2. The Morgan fingerprint density at radius 2 is 0.955 bits per heavy atom. The van der Waals surface area contributed by atoms with Crippen LogP contribution >= 0.6 is 7.92 Å². The molecule has 0 heterocycles. The minimum Gasteiger partial charge on any atom is -0.293 e. The van der Waals surface area contributed by atoms with E-state index in [2.05, 4.69) is 33.9 Å². The zero-order valence-electron chi connectivity index (χ0n) is 15.0. The summed E-state index contributed by atoms with van der Waals surface area (Å²) in [7, 11) is 0.422. The van der Waals surface area contributed by atoms with Gasteiger partial charge in [0.1, 0.15) is 0 Å². The van der Waals surface area contributed by atoms with E-state index in [4.69, 9.17) is 13.2 Å². The van der Waals surface area contributed by atoms with Crippen LogP contribution in [0.15, 0.2) is 37.5 Å². The van der Waals surface area contributed by atoms with Gasteiger partial charge in [0.15, 0.2) is 0 Å². The Morgan fingerprint density at radius 3 is 1.09 bits per heavy atom. The van der Waals surface area contributed by atoms with Gasteiger partial charge in [-0.05, 0) is 37.7 Å². The average molecular weight is 504 g/mol. The van der Waals surface area contributed by atoms with E-state index in [1.807, 2.05) is 0 Å². The van der Waals surface area contributed by atoms with Crippen LogP contribution in [-0.2, 0) is 21.1 Å². The molecule has 0 radical (unpaired) electrons. The predicted octanol–water partition coefficient (Wildman–Crippen LogP) is 7.19. The third-order valence-electron chi connectivity index (χ3n) is 2.76. The smallest absolute Gasteiger partial charge is 0.293 e. The van der Waals surface area contributed by atoms with Crippen molar-refractivity contribution in [1.29, 1.82) is 0 Å². The van der Waals surface area contributed by atoms with Gasteiger partial charge in [-0.1, -0.05) is 40.0 Å². The summed E-state index contributed by atoms with van der Waals surface area (Å²) < 4.78 is 0. The Kier molecular flexibility index (Phi) is 44.8. The molecule has 0 aromatic heterocycles. The molecule has 0 nitrogen and oxygen atoms in total. The maximum absolute atomic E-state index is 4.78. The number of rotatable bonds is 11. The maximum Gasteiger partial charge on any atom is 2.00 e. The molecule has 0 saturated heterocycles. The fourth-order valence-electron chi connectivity index (χ4n) is 1.48. The Morgan fingerprint density at radius 1 is 0.727 bits per heavy atom. The minimum absolute atomic E-state index is 0. The molecule has 0 fully saturated rings. The summed E-state index contributed by atoms with van der Waals surface area (Å²) in [6.07, 6.45) is 19.0. The zero-order valence-corrected chi connectivity index (χ0v) is 18.2. The van der Waals surface area contributed by atoms with Crippen molar-refractivity contribution < 1.29 is 21.1 Å². The number of unbranched alkanes of at least 4 members (excludes halogenated alkanes) is 3. The van der Waals surface area contributed by atoms with Crippen LogP contribution in [0.4, 0.5) is 0 Å². The standard InChI is InChI=1S/C12H27P.2C4H5.Pt/c1-4-7-10-13(11-8-5-2)12-9-6-3;2*1-3-4-2;/h4-12H2,1-3H3;2*1,3-4H,2H2;/q;2*-1;+2. The van der Waals surface area contributed by atoms with Gasteiger partial charge >= 0.3 is 21.1 Å². The van der Waals surface area contributed by atoms with Gasteiger partial charge in [-0.15, -0.1) is 7.92 Å². The molecule has 0 aromatic carbocycles. The largest absolute Gasteiger partial charge is 2.00 e. The molecule has 2 heteroatoms. The molecule has 0 aliphatic rings. The predicted molar refractivity (Wildman–Crippen MR) is 104 cm³/mol. The van der Waals surface area contributed by atoms with E-state index < -0.39 is 0 Å². The Bertz CT molecular complexity index is 181. The van der Waals surface area contributed by atoms with Crippen LogP contribution in [0, 0.1) is 13.2 Å². The number of allylic oxidation sites excluding steroid dienone is 4. The van der Waals surface area contributed by atoms with E-state index >= 15 is 0 Å². The van der Waals surface area contributed by atoms with E-state index in [-0.39, 0.29) is 21.1 Å². The van der Waals surface area contributed by atoms with Gasteiger partial charge in [-0.3, -0.25) is 13.2 Å². The normalized spacial score (nSPS) is 8.36. The summed E-state index contributed by atoms with van der Waals surface area (Å²) in [5, 5.41) is 0. The Hall–Kier alpha value is 0.0783. The summed E-state index contributed by atoms with van der Waals surface area (Å²) >= 11 is 0. The van der Waals surface area contributed by atoms with Crippen LogP contribution in [-0.4, -0.2) is 18.5 Å². The van der Waals surface area contributed by atoms with Crippen LogP contribution < -0.4 is 0 Å². The van der Waals surface area contributed by atoms with Gasteiger partial charge in [0.25, 0.3) is 0 Å². The Balaban J connectivity index is -0.000000150. The molecule has 132 valence electrons. The van der Waals surface area contributed by atoms with Crippen LogP contribution in [0.5, 0.6) is 0 Å². The molecule has 0 aromatic rings. The molecule has 0 aliphatic carbocycles. The number of hydrogen-bond donors (Lipinski definition) is 0. The number of hydrogen-bond acceptors (Lipinski definition) is 0. The van der Waals surface area contributed by atoms with Gasteiger partial charge in [0.2, 0.25) is 0 Å². The molecule has 0 rings (SSSR count). The molecule has 22 heavy (non-hydrogen) atoms. The van der Waals surface area contributed by atoms with Crippen molar-refractivity contribution in [2.75, 3.05) is 18.5 Å². The quantitative estimate of drug-likeness (QED) is 0.159. The molecule has 0 aliphatic heterocycles.